The van der Waals surface area contributed by atoms with Crippen molar-refractivity contribution in [2.75, 3.05) is 7.11 Å². The summed E-state index contributed by atoms with van der Waals surface area (Å²) in [5.74, 6) is -3.76. The number of aliphatic carboxylic acids is 1. The Morgan fingerprint density at radius 2 is 1.68 bits per heavy atom. The van der Waals surface area contributed by atoms with Gasteiger partial charge >= 0.3 is 18.1 Å². The van der Waals surface area contributed by atoms with Crippen molar-refractivity contribution in [3.8, 4) is 0 Å². The van der Waals surface area contributed by atoms with E-state index in [2.05, 4.69) is 5.32 Å². The number of hydrogen-bond donors (Lipinski definition) is 4. The number of hydrogen-bond acceptors (Lipinski definition) is 5. The summed E-state index contributed by atoms with van der Waals surface area (Å²) in [4.78, 5) is 35.2. The first-order chi connectivity index (χ1) is 19.3. The molecule has 10 nitrogen and oxygen atoms in total. The molecule has 4 rings (SSSR count). The molecule has 0 saturated carbocycles. The first kappa shape index (κ1) is 30.3. The average Bonchev–Trinajstić information content (AvgIpc) is 3.26. The highest BCUT2D eigenvalue weighted by molar-refractivity contribution is 6.14. The van der Waals surface area contributed by atoms with Crippen LogP contribution in [0.25, 0.3) is 10.9 Å². The lowest BCUT2D eigenvalue weighted by Gasteiger charge is -2.13. The maximum absolute atomic E-state index is 13.5. The molecule has 0 aliphatic carbocycles. The molecule has 41 heavy (non-hydrogen) atoms. The van der Waals surface area contributed by atoms with Gasteiger partial charge in [-0.1, -0.05) is 36.4 Å². The molecule has 0 aliphatic heterocycles. The van der Waals surface area contributed by atoms with E-state index in [9.17, 15) is 22.8 Å². The molecule has 0 spiro atoms. The molecule has 0 fully saturated rings. The van der Waals surface area contributed by atoms with Crippen molar-refractivity contribution in [1.29, 1.82) is 5.41 Å². The summed E-state index contributed by atoms with van der Waals surface area (Å²) < 4.78 is 40.5. The molecule has 2 heterocycles. The maximum Gasteiger partial charge on any atom is 0.490 e. The van der Waals surface area contributed by atoms with Crippen molar-refractivity contribution in [1.82, 2.24) is 9.88 Å². The number of halogens is 3. The smallest absolute Gasteiger partial charge is 0.475 e. The topological polar surface area (TPSA) is 151 Å². The number of nitrogens with two attached hydrogens (primary N) is 1. The van der Waals surface area contributed by atoms with Crippen molar-refractivity contribution in [3.05, 3.63) is 101 Å². The minimum Gasteiger partial charge on any atom is -0.475 e. The number of alkyl halides is 3. The van der Waals surface area contributed by atoms with Crippen LogP contribution in [0.5, 0.6) is 0 Å². The number of aryl methyl sites for hydroxylation is 1. The molecular weight excluding hydrogens is 543 g/mol. The fourth-order valence-corrected chi connectivity index (χ4v) is 3.95. The first-order valence-corrected chi connectivity index (χ1v) is 12.0. The fourth-order valence-electron chi connectivity index (χ4n) is 3.95. The Morgan fingerprint density at radius 3 is 2.27 bits per heavy atom. The standard InChI is InChI=1S/C26H25N5O3.C2HF3O2/c1-30-12-10-17(11-13-30)15-29-25(32)23-22(26(33)34-2)20-8-3-4-9-21(20)31(23)16-18-6-5-7-19(14-18)24(27)28;3-2(4,5)1(6)7/h3-14H,15-16H2,1-2H3,(H3-,27,28,29,32);(H,6,7)/p+1. The van der Waals surface area contributed by atoms with E-state index < -0.39 is 18.1 Å². The van der Waals surface area contributed by atoms with Crippen molar-refractivity contribution in [2.24, 2.45) is 12.8 Å². The number of rotatable bonds is 7. The van der Waals surface area contributed by atoms with Crippen LogP contribution in [0, 0.1) is 5.41 Å². The zero-order valence-electron chi connectivity index (χ0n) is 22.0. The average molecular weight is 571 g/mol. The fraction of sp³-hybridized carbons (Fsp3) is 0.179. The second-order valence-corrected chi connectivity index (χ2v) is 8.79. The van der Waals surface area contributed by atoms with Crippen LogP contribution in [-0.2, 0) is 29.7 Å². The number of ether oxygens (including phenoxy) is 1. The van der Waals surface area contributed by atoms with Gasteiger partial charge in [-0.15, -0.1) is 0 Å². The number of nitrogens with zero attached hydrogens (tertiary/aromatic N) is 2. The Balaban J connectivity index is 0.000000587. The Kier molecular flexibility index (Phi) is 9.45. The highest BCUT2D eigenvalue weighted by Gasteiger charge is 2.38. The molecule has 1 amide bonds. The molecule has 0 aliphatic rings. The number of nitrogens with one attached hydrogen (secondary N) is 2. The van der Waals surface area contributed by atoms with Gasteiger partial charge in [0.25, 0.3) is 5.91 Å². The van der Waals surface area contributed by atoms with Crippen LogP contribution in [0.2, 0.25) is 0 Å². The van der Waals surface area contributed by atoms with Gasteiger partial charge in [-0.25, -0.2) is 14.2 Å². The largest absolute Gasteiger partial charge is 0.490 e. The van der Waals surface area contributed by atoms with Gasteiger partial charge in [0, 0.05) is 41.7 Å². The van der Waals surface area contributed by atoms with Gasteiger partial charge in [0.2, 0.25) is 0 Å². The van der Waals surface area contributed by atoms with Crippen LogP contribution in [0.4, 0.5) is 13.2 Å². The van der Waals surface area contributed by atoms with Crippen molar-refractivity contribution < 1.29 is 42.0 Å². The van der Waals surface area contributed by atoms with E-state index in [1.807, 2.05) is 66.5 Å². The predicted molar refractivity (Wildman–Crippen MR) is 142 cm³/mol. The van der Waals surface area contributed by atoms with E-state index in [0.29, 0.717) is 24.0 Å². The van der Waals surface area contributed by atoms with E-state index in [-0.39, 0.29) is 23.0 Å². The number of methoxy groups -OCH3 is 1. The van der Waals surface area contributed by atoms with Crippen LogP contribution in [0.3, 0.4) is 0 Å². The van der Waals surface area contributed by atoms with Gasteiger partial charge < -0.3 is 25.5 Å². The van der Waals surface area contributed by atoms with Gasteiger partial charge in [-0.3, -0.25) is 10.2 Å². The lowest BCUT2D eigenvalue weighted by atomic mass is 10.1. The van der Waals surface area contributed by atoms with E-state index >= 15 is 0 Å². The summed E-state index contributed by atoms with van der Waals surface area (Å²) in [6, 6.07) is 18.5. The van der Waals surface area contributed by atoms with Gasteiger partial charge in [-0.2, -0.15) is 13.2 Å². The van der Waals surface area contributed by atoms with E-state index in [1.165, 1.54) is 7.11 Å². The minimum atomic E-state index is -5.08. The van der Waals surface area contributed by atoms with Crippen LogP contribution in [0.15, 0.2) is 73.1 Å². The molecule has 214 valence electrons. The minimum absolute atomic E-state index is 0.0382. The van der Waals surface area contributed by atoms with E-state index in [0.717, 1.165) is 16.6 Å². The summed E-state index contributed by atoms with van der Waals surface area (Å²) in [7, 11) is 3.22. The highest BCUT2D eigenvalue weighted by Crippen LogP contribution is 2.28. The molecule has 0 atom stereocenters. The number of aromatic nitrogens is 2. The number of carbonyl (C=O) groups excluding carboxylic acids is 2. The molecule has 0 saturated heterocycles. The number of pyridine rings is 1. The molecule has 0 radical (unpaired) electrons. The monoisotopic (exact) mass is 570 g/mol. The van der Waals surface area contributed by atoms with E-state index in [1.54, 1.807) is 22.8 Å². The van der Waals surface area contributed by atoms with Crippen LogP contribution in [0.1, 0.15) is 37.5 Å². The second-order valence-electron chi connectivity index (χ2n) is 8.79. The number of nitrogen functional groups attached to an aromatic ring is 1. The molecule has 0 unspecified atom stereocenters. The Hall–Kier alpha value is -5.20. The van der Waals surface area contributed by atoms with Crippen molar-refractivity contribution in [2.45, 2.75) is 19.3 Å². The maximum atomic E-state index is 13.5. The molecule has 2 aromatic carbocycles. The number of benzene rings is 2. The predicted octanol–water partition coefficient (Wildman–Crippen LogP) is 3.15. The first-order valence-electron chi connectivity index (χ1n) is 12.0. The normalized spacial score (nSPS) is 10.9. The molecule has 4 aromatic rings. The van der Waals surface area contributed by atoms with Gasteiger partial charge in [0.1, 0.15) is 18.6 Å². The van der Waals surface area contributed by atoms with Gasteiger partial charge in [-0.05, 0) is 23.3 Å². The van der Waals surface area contributed by atoms with Gasteiger partial charge in [0.05, 0.1) is 12.7 Å². The van der Waals surface area contributed by atoms with Crippen LogP contribution in [-0.4, -0.2) is 46.6 Å². The third-order valence-corrected chi connectivity index (χ3v) is 5.90. The number of esters is 1. The highest BCUT2D eigenvalue weighted by atomic mass is 19.4. The molecule has 5 N–H and O–H groups in total. The Bertz CT molecular complexity index is 1600. The molecule has 13 heteroatoms. The number of carbonyl (C=O) groups is 3. The van der Waals surface area contributed by atoms with Crippen molar-refractivity contribution >= 4 is 34.6 Å². The van der Waals surface area contributed by atoms with E-state index in [4.69, 9.17) is 25.8 Å². The number of amidine groups is 1. The van der Waals surface area contributed by atoms with Gasteiger partial charge in [0.15, 0.2) is 12.4 Å². The summed E-state index contributed by atoms with van der Waals surface area (Å²) in [5.41, 5.74) is 9.20. The molecule has 2 aromatic heterocycles. The number of fused-ring (bicyclic) bond motifs is 1. The number of carboxylic acid groups (broad SMARTS) is 1. The van der Waals surface area contributed by atoms with Crippen LogP contribution >= 0.6 is 0 Å². The number of carboxylic acids is 1. The Labute approximate surface area is 232 Å². The third-order valence-electron chi connectivity index (χ3n) is 5.90. The second kappa shape index (κ2) is 12.8. The summed E-state index contributed by atoms with van der Waals surface area (Å²) in [6.45, 7) is 0.615. The lowest BCUT2D eigenvalue weighted by Crippen LogP contribution is -2.29. The summed E-state index contributed by atoms with van der Waals surface area (Å²) in [6.07, 6.45) is -1.28. The van der Waals surface area contributed by atoms with Crippen LogP contribution < -0.4 is 15.6 Å². The zero-order valence-corrected chi connectivity index (χ0v) is 22.0. The number of para-hydroxylation sites is 1. The van der Waals surface area contributed by atoms with Crippen molar-refractivity contribution in [3.63, 3.8) is 0 Å². The summed E-state index contributed by atoms with van der Waals surface area (Å²) in [5, 5.41) is 18.4. The molecular formula is C28H27F3N5O5+. The lowest BCUT2D eigenvalue weighted by molar-refractivity contribution is -0.671. The Morgan fingerprint density at radius 1 is 1.05 bits per heavy atom. The quantitative estimate of drug-likeness (QED) is 0.116. The number of amides is 1. The third kappa shape index (κ3) is 7.47. The SMILES string of the molecule is COC(=O)c1c(C(=O)NCc2cc[n+](C)cc2)n(Cc2cccc(C(=N)N)c2)c2ccccc12.O=C(O)C(F)(F)F. The zero-order chi connectivity index (χ0) is 30.3. The molecule has 0 bridgehead atoms. The summed E-state index contributed by atoms with van der Waals surface area (Å²) >= 11 is 0.